The van der Waals surface area contributed by atoms with Crippen LogP contribution in [-0.2, 0) is 15.4 Å². The van der Waals surface area contributed by atoms with Crippen molar-refractivity contribution in [3.63, 3.8) is 0 Å². The van der Waals surface area contributed by atoms with Gasteiger partial charge in [0.05, 0.1) is 4.90 Å². The molecule has 2 rings (SSSR count). The summed E-state index contributed by atoms with van der Waals surface area (Å²) in [5.41, 5.74) is 3.27. The van der Waals surface area contributed by atoms with Gasteiger partial charge in [-0.2, -0.15) is 0 Å². The molecule has 0 aromatic heterocycles. The Morgan fingerprint density at radius 2 is 1.76 bits per heavy atom. The summed E-state index contributed by atoms with van der Waals surface area (Å²) in [6.45, 7) is 11.0. The third kappa shape index (κ3) is 6.82. The van der Waals surface area contributed by atoms with E-state index >= 15 is 0 Å². The number of hydrogen-bond acceptors (Lipinski definition) is 5. The van der Waals surface area contributed by atoms with Gasteiger partial charge in [-0.05, 0) is 54.2 Å². The van der Waals surface area contributed by atoms with Gasteiger partial charge in [-0.3, -0.25) is 0 Å². The molecule has 0 heterocycles. The second kappa shape index (κ2) is 9.26. The number of aliphatic hydroxyl groups is 1. The van der Waals surface area contributed by atoms with Crippen molar-refractivity contribution in [3.05, 3.63) is 59.2 Å². The Morgan fingerprint density at radius 3 is 2.28 bits per heavy atom. The van der Waals surface area contributed by atoms with E-state index < -0.39 is 16.1 Å². The minimum atomic E-state index is -3.70. The summed E-state index contributed by atoms with van der Waals surface area (Å²) in [5, 5.41) is 18.6. The summed E-state index contributed by atoms with van der Waals surface area (Å²) in [5.74, 6) is 0.767. The molecule has 0 radical (unpaired) electrons. The lowest BCUT2D eigenvalue weighted by atomic mass is 9.86. The summed E-state index contributed by atoms with van der Waals surface area (Å²) < 4.78 is 28.4. The Balaban J connectivity index is 1.86. The minimum Gasteiger partial charge on any atom is -0.491 e. The van der Waals surface area contributed by atoms with Crippen molar-refractivity contribution in [1.82, 2.24) is 5.32 Å². The summed E-state index contributed by atoms with van der Waals surface area (Å²) in [4.78, 5) is 0.0785. The lowest BCUT2D eigenvalue weighted by Crippen LogP contribution is -2.33. The molecule has 0 aliphatic heterocycles. The first-order chi connectivity index (χ1) is 13.4. The van der Waals surface area contributed by atoms with Crippen molar-refractivity contribution in [2.45, 2.75) is 57.1 Å². The number of aryl methyl sites for hydroxylation is 1. The summed E-state index contributed by atoms with van der Waals surface area (Å²) in [6.07, 6.45) is -0.678. The maximum Gasteiger partial charge on any atom is 0.238 e. The SMILES string of the molecule is Cc1cc(C(C)(C)C)ccc1OCC(O)CNC(C)c1ccc(S(N)(=O)=O)cc1. The Morgan fingerprint density at radius 1 is 1.14 bits per heavy atom. The summed E-state index contributed by atoms with van der Waals surface area (Å²) >= 11 is 0. The van der Waals surface area contributed by atoms with Crippen molar-refractivity contribution >= 4 is 10.0 Å². The van der Waals surface area contributed by atoms with Crippen LogP contribution in [0, 0.1) is 6.92 Å². The van der Waals surface area contributed by atoms with E-state index in [1.54, 1.807) is 12.1 Å². The number of nitrogens with one attached hydrogen (secondary N) is 1. The van der Waals surface area contributed by atoms with E-state index in [1.807, 2.05) is 19.9 Å². The Hall–Kier alpha value is -1.93. The molecule has 0 saturated heterocycles. The minimum absolute atomic E-state index is 0.0630. The van der Waals surface area contributed by atoms with E-state index in [1.165, 1.54) is 17.7 Å². The fourth-order valence-electron chi connectivity index (χ4n) is 2.90. The molecule has 0 fully saturated rings. The molecule has 0 saturated carbocycles. The quantitative estimate of drug-likeness (QED) is 0.609. The molecule has 0 aliphatic rings. The second-order valence-electron chi connectivity index (χ2n) is 8.44. The van der Waals surface area contributed by atoms with E-state index in [2.05, 4.69) is 38.2 Å². The molecular weight excluding hydrogens is 388 g/mol. The molecular formula is C22H32N2O4S. The lowest BCUT2D eigenvalue weighted by molar-refractivity contribution is 0.104. The van der Waals surface area contributed by atoms with Gasteiger partial charge in [0.2, 0.25) is 10.0 Å². The van der Waals surface area contributed by atoms with Crippen molar-refractivity contribution in [1.29, 1.82) is 0 Å². The summed E-state index contributed by atoms with van der Waals surface area (Å²) in [6, 6.07) is 12.4. The number of nitrogens with two attached hydrogens (primary N) is 1. The Bertz CT molecular complexity index is 919. The average Bonchev–Trinajstić information content (AvgIpc) is 2.63. The van der Waals surface area contributed by atoms with Gasteiger partial charge in [0.15, 0.2) is 0 Å². The van der Waals surface area contributed by atoms with E-state index in [-0.39, 0.29) is 23.0 Å². The smallest absolute Gasteiger partial charge is 0.238 e. The predicted octanol–water partition coefficient (Wildman–Crippen LogP) is 3.03. The number of sulfonamides is 1. The Kier molecular flexibility index (Phi) is 7.45. The average molecular weight is 421 g/mol. The van der Waals surface area contributed by atoms with Crippen LogP contribution >= 0.6 is 0 Å². The monoisotopic (exact) mass is 420 g/mol. The van der Waals surface area contributed by atoms with Gasteiger partial charge in [-0.1, -0.05) is 45.0 Å². The van der Waals surface area contributed by atoms with E-state index in [0.717, 1.165) is 16.9 Å². The molecule has 2 atom stereocenters. The molecule has 7 heteroatoms. The molecule has 2 aromatic rings. The van der Waals surface area contributed by atoms with Crippen LogP contribution in [-0.4, -0.2) is 32.8 Å². The van der Waals surface area contributed by atoms with Crippen LogP contribution in [0.15, 0.2) is 47.4 Å². The van der Waals surface area contributed by atoms with Crippen LogP contribution in [0.4, 0.5) is 0 Å². The van der Waals surface area contributed by atoms with Crippen molar-refractivity contribution < 1.29 is 18.3 Å². The zero-order chi connectivity index (χ0) is 21.8. The van der Waals surface area contributed by atoms with Crippen LogP contribution in [0.25, 0.3) is 0 Å². The lowest BCUT2D eigenvalue weighted by Gasteiger charge is -2.21. The fraction of sp³-hybridized carbons (Fsp3) is 0.455. The Labute approximate surface area is 174 Å². The van der Waals surface area contributed by atoms with Crippen molar-refractivity contribution in [2.75, 3.05) is 13.2 Å². The first-order valence-corrected chi connectivity index (χ1v) is 11.2. The molecule has 0 spiro atoms. The summed E-state index contributed by atoms with van der Waals surface area (Å²) in [7, 11) is -3.70. The molecule has 160 valence electrons. The van der Waals surface area contributed by atoms with Gasteiger partial charge in [0, 0.05) is 12.6 Å². The van der Waals surface area contributed by atoms with Gasteiger partial charge in [0.25, 0.3) is 0 Å². The zero-order valence-electron chi connectivity index (χ0n) is 17.8. The number of rotatable bonds is 8. The highest BCUT2D eigenvalue weighted by molar-refractivity contribution is 7.89. The first-order valence-electron chi connectivity index (χ1n) is 9.66. The van der Waals surface area contributed by atoms with Gasteiger partial charge in [-0.25, -0.2) is 13.6 Å². The standard InChI is InChI=1S/C22H32N2O4S/c1-15-12-18(22(3,4)5)8-11-21(15)28-14-19(25)13-24-16(2)17-6-9-20(10-7-17)29(23,26)27/h6-12,16,19,24-25H,13-14H2,1-5H3,(H2,23,26,27). The molecule has 4 N–H and O–H groups in total. The first kappa shape index (κ1) is 23.3. The fourth-order valence-corrected chi connectivity index (χ4v) is 3.42. The highest BCUT2D eigenvalue weighted by Crippen LogP contribution is 2.27. The number of benzene rings is 2. The third-order valence-corrected chi connectivity index (χ3v) is 5.77. The number of ether oxygens (including phenoxy) is 1. The van der Waals surface area contributed by atoms with E-state index in [9.17, 15) is 13.5 Å². The molecule has 2 unspecified atom stereocenters. The van der Waals surface area contributed by atoms with Crippen molar-refractivity contribution in [2.24, 2.45) is 5.14 Å². The van der Waals surface area contributed by atoms with E-state index in [4.69, 9.17) is 9.88 Å². The van der Waals surface area contributed by atoms with Gasteiger partial charge >= 0.3 is 0 Å². The third-order valence-electron chi connectivity index (χ3n) is 4.84. The van der Waals surface area contributed by atoms with Crippen LogP contribution in [0.3, 0.4) is 0 Å². The van der Waals surface area contributed by atoms with Crippen molar-refractivity contribution in [3.8, 4) is 5.75 Å². The van der Waals surface area contributed by atoms with Crippen LogP contribution in [0.1, 0.15) is 50.4 Å². The van der Waals surface area contributed by atoms with Crippen LogP contribution < -0.4 is 15.2 Å². The largest absolute Gasteiger partial charge is 0.491 e. The van der Waals surface area contributed by atoms with E-state index in [0.29, 0.717) is 6.54 Å². The van der Waals surface area contributed by atoms with Crippen LogP contribution in [0.5, 0.6) is 5.75 Å². The molecule has 29 heavy (non-hydrogen) atoms. The second-order valence-corrected chi connectivity index (χ2v) is 10.0. The predicted molar refractivity (Wildman–Crippen MR) is 116 cm³/mol. The maximum atomic E-state index is 11.3. The molecule has 2 aromatic carbocycles. The topological polar surface area (TPSA) is 102 Å². The number of primary sulfonamides is 1. The maximum absolute atomic E-state index is 11.3. The van der Waals surface area contributed by atoms with Gasteiger partial charge in [-0.15, -0.1) is 0 Å². The molecule has 6 nitrogen and oxygen atoms in total. The molecule has 0 amide bonds. The molecule has 0 bridgehead atoms. The van der Waals surface area contributed by atoms with Crippen LogP contribution in [0.2, 0.25) is 0 Å². The molecule has 0 aliphatic carbocycles. The highest BCUT2D eigenvalue weighted by atomic mass is 32.2. The van der Waals surface area contributed by atoms with Gasteiger partial charge in [0.1, 0.15) is 18.5 Å². The normalized spacial score (nSPS) is 14.4. The number of hydrogen-bond donors (Lipinski definition) is 3. The van der Waals surface area contributed by atoms with Gasteiger partial charge < -0.3 is 15.2 Å². The highest BCUT2D eigenvalue weighted by Gasteiger charge is 2.16. The number of aliphatic hydroxyl groups excluding tert-OH is 1. The zero-order valence-corrected chi connectivity index (χ0v) is 18.6.